The summed E-state index contributed by atoms with van der Waals surface area (Å²) in [5.74, 6) is -0.198. The van der Waals surface area contributed by atoms with Crippen LogP contribution in [0.2, 0.25) is 0 Å². The molecule has 0 aliphatic carbocycles. The van der Waals surface area contributed by atoms with Gasteiger partial charge in [-0.3, -0.25) is 4.57 Å². The fourth-order valence-corrected chi connectivity index (χ4v) is 5.93. The van der Waals surface area contributed by atoms with Gasteiger partial charge in [0.05, 0.1) is 24.6 Å². The van der Waals surface area contributed by atoms with Crippen LogP contribution in [-0.2, 0) is 28.2 Å². The summed E-state index contributed by atoms with van der Waals surface area (Å²) >= 11 is 0. The lowest BCUT2D eigenvalue weighted by Crippen LogP contribution is -2.19. The molecule has 0 saturated carbocycles. The molecule has 0 heterocycles. The van der Waals surface area contributed by atoms with Crippen molar-refractivity contribution in [1.29, 1.82) is 0 Å². The van der Waals surface area contributed by atoms with Crippen molar-refractivity contribution in [3.05, 3.63) is 0 Å². The van der Waals surface area contributed by atoms with Gasteiger partial charge in [-0.25, -0.2) is 8.42 Å². The van der Waals surface area contributed by atoms with Crippen molar-refractivity contribution in [3.8, 4) is 0 Å². The number of methoxy groups -OCH3 is 1. The molecule has 0 fully saturated rings. The highest BCUT2D eigenvalue weighted by Crippen LogP contribution is 2.51. The Kier molecular flexibility index (Phi) is 7.63. The maximum atomic E-state index is 12.3. The molecule has 6 nitrogen and oxygen atoms in total. The lowest BCUT2D eigenvalue weighted by Gasteiger charge is -2.22. The quantitative estimate of drug-likeness (QED) is 0.606. The van der Waals surface area contributed by atoms with Gasteiger partial charge in [-0.2, -0.15) is 0 Å². The Labute approximate surface area is 109 Å². The summed E-state index contributed by atoms with van der Waals surface area (Å²) in [5, 5.41) is 0. The number of ether oxygens (including phenoxy) is 1. The summed E-state index contributed by atoms with van der Waals surface area (Å²) in [6, 6.07) is 0. The molecule has 0 amide bonds. The summed E-state index contributed by atoms with van der Waals surface area (Å²) < 4.78 is 50.9. The van der Waals surface area contributed by atoms with Gasteiger partial charge in [0.2, 0.25) is 0 Å². The van der Waals surface area contributed by atoms with Crippen LogP contribution in [0.5, 0.6) is 0 Å². The molecule has 0 bridgehead atoms. The molecule has 0 spiro atoms. The molecule has 8 heteroatoms. The van der Waals surface area contributed by atoms with E-state index in [0.29, 0.717) is 0 Å². The van der Waals surface area contributed by atoms with Crippen LogP contribution < -0.4 is 0 Å². The third-order valence-corrected chi connectivity index (χ3v) is 6.81. The van der Waals surface area contributed by atoms with Crippen molar-refractivity contribution in [2.75, 3.05) is 25.0 Å². The summed E-state index contributed by atoms with van der Waals surface area (Å²) in [6.07, 6.45) is -0.737. The van der Waals surface area contributed by atoms with Crippen LogP contribution in [0, 0.1) is 0 Å². The molecule has 0 saturated heterocycles. The first-order valence-corrected chi connectivity index (χ1v) is 9.30. The van der Waals surface area contributed by atoms with Gasteiger partial charge in [-0.15, -0.1) is 0 Å². The van der Waals surface area contributed by atoms with Gasteiger partial charge in [0.15, 0.2) is 15.3 Å². The van der Waals surface area contributed by atoms with Crippen LogP contribution in [0.3, 0.4) is 0 Å². The third-order valence-electron chi connectivity index (χ3n) is 1.70. The summed E-state index contributed by atoms with van der Waals surface area (Å²) in [7, 11) is -5.76. The molecule has 0 radical (unpaired) electrons. The van der Waals surface area contributed by atoms with E-state index in [1.165, 1.54) is 7.11 Å². The molecule has 0 rings (SSSR count). The zero-order chi connectivity index (χ0) is 14.4. The number of hydrogen-bond acceptors (Lipinski definition) is 6. The standard InChI is InChI=1S/C10H23O6PS/c1-9(2)15-17(11,16-10(3)4)8-18(12,13)7-6-14-5/h9-10H,6-8H2,1-5H3. The fraction of sp³-hybridized carbons (Fsp3) is 1.00. The van der Waals surface area contributed by atoms with Gasteiger partial charge in [-0.05, 0) is 27.7 Å². The minimum absolute atomic E-state index is 0.0612. The predicted molar refractivity (Wildman–Crippen MR) is 70.6 cm³/mol. The number of rotatable bonds is 9. The Hall–Kier alpha value is 0.0600. The SMILES string of the molecule is COCCS(=O)(=O)CP(=O)(OC(C)C)OC(C)C. The highest BCUT2D eigenvalue weighted by molar-refractivity contribution is 7.97. The molecule has 18 heavy (non-hydrogen) atoms. The van der Waals surface area contributed by atoms with Gasteiger partial charge in [0.25, 0.3) is 0 Å². The number of hydrogen-bond donors (Lipinski definition) is 0. The Morgan fingerprint density at radius 1 is 1.06 bits per heavy atom. The molecular formula is C10H23O6PS. The smallest absolute Gasteiger partial charge is 0.346 e. The maximum absolute atomic E-state index is 12.3. The molecule has 0 aromatic heterocycles. The molecule has 0 aromatic carbocycles. The van der Waals surface area contributed by atoms with Crippen LogP contribution in [0.4, 0.5) is 0 Å². The van der Waals surface area contributed by atoms with Crippen molar-refractivity contribution < 1.29 is 26.8 Å². The Morgan fingerprint density at radius 3 is 1.83 bits per heavy atom. The van der Waals surface area contributed by atoms with Gasteiger partial charge in [-0.1, -0.05) is 0 Å². The molecule has 0 aliphatic heterocycles. The first-order chi connectivity index (χ1) is 8.10. The zero-order valence-corrected chi connectivity index (χ0v) is 13.3. The summed E-state index contributed by atoms with van der Waals surface area (Å²) in [4.78, 5) is 0. The normalized spacial score (nSPS) is 13.5. The molecule has 0 aromatic rings. The topological polar surface area (TPSA) is 78.9 Å². The zero-order valence-electron chi connectivity index (χ0n) is 11.6. The van der Waals surface area contributed by atoms with Crippen molar-refractivity contribution in [2.45, 2.75) is 39.9 Å². The van der Waals surface area contributed by atoms with Crippen LogP contribution in [0.25, 0.3) is 0 Å². The van der Waals surface area contributed by atoms with Gasteiger partial charge >= 0.3 is 7.60 Å². The van der Waals surface area contributed by atoms with E-state index >= 15 is 0 Å². The van der Waals surface area contributed by atoms with E-state index in [4.69, 9.17) is 13.8 Å². The molecular weight excluding hydrogens is 279 g/mol. The average molecular weight is 302 g/mol. The Morgan fingerprint density at radius 2 is 1.50 bits per heavy atom. The fourth-order valence-electron chi connectivity index (χ4n) is 1.24. The molecule has 110 valence electrons. The minimum Gasteiger partial charge on any atom is -0.384 e. The summed E-state index contributed by atoms with van der Waals surface area (Å²) in [5.41, 5.74) is -0.611. The molecule has 0 unspecified atom stereocenters. The molecule has 0 atom stereocenters. The van der Waals surface area contributed by atoms with Gasteiger partial charge in [0.1, 0.15) is 0 Å². The van der Waals surface area contributed by atoms with Crippen LogP contribution in [0.15, 0.2) is 0 Å². The largest absolute Gasteiger partial charge is 0.384 e. The van der Waals surface area contributed by atoms with E-state index in [1.54, 1.807) is 27.7 Å². The summed E-state index contributed by atoms with van der Waals surface area (Å²) in [6.45, 7) is 6.78. The van der Waals surface area contributed by atoms with Gasteiger partial charge in [0, 0.05) is 7.11 Å². The third kappa shape index (κ3) is 8.21. The van der Waals surface area contributed by atoms with Crippen LogP contribution in [-0.4, -0.2) is 45.6 Å². The first-order valence-electron chi connectivity index (χ1n) is 5.75. The van der Waals surface area contributed by atoms with E-state index < -0.39 is 22.9 Å². The second-order valence-electron chi connectivity index (χ2n) is 4.49. The second-order valence-corrected chi connectivity index (χ2v) is 9.06. The van der Waals surface area contributed by atoms with Crippen molar-refractivity contribution in [3.63, 3.8) is 0 Å². The highest BCUT2D eigenvalue weighted by atomic mass is 32.2. The van der Waals surface area contributed by atoms with E-state index in [1.807, 2.05) is 0 Å². The predicted octanol–water partition coefficient (Wildman–Crippen LogP) is 2.05. The van der Waals surface area contributed by atoms with E-state index in [0.717, 1.165) is 0 Å². The monoisotopic (exact) mass is 302 g/mol. The minimum atomic E-state index is -3.64. The highest BCUT2D eigenvalue weighted by Gasteiger charge is 2.34. The maximum Gasteiger partial charge on any atom is 0.346 e. The Bertz CT molecular complexity index is 362. The molecule has 0 N–H and O–H groups in total. The van der Waals surface area contributed by atoms with Crippen molar-refractivity contribution in [1.82, 2.24) is 0 Å². The van der Waals surface area contributed by atoms with E-state index in [2.05, 4.69) is 0 Å². The lowest BCUT2D eigenvalue weighted by molar-refractivity contribution is 0.145. The van der Waals surface area contributed by atoms with Crippen LogP contribution >= 0.6 is 7.60 Å². The average Bonchev–Trinajstić information content (AvgIpc) is 2.09. The second kappa shape index (κ2) is 7.60. The first kappa shape index (κ1) is 18.1. The van der Waals surface area contributed by atoms with Gasteiger partial charge < -0.3 is 13.8 Å². The van der Waals surface area contributed by atoms with E-state index in [-0.39, 0.29) is 24.6 Å². The van der Waals surface area contributed by atoms with Crippen molar-refractivity contribution >= 4 is 17.4 Å². The molecule has 0 aliphatic rings. The Balaban J connectivity index is 4.83. The van der Waals surface area contributed by atoms with Crippen LogP contribution in [0.1, 0.15) is 27.7 Å². The van der Waals surface area contributed by atoms with Crippen molar-refractivity contribution in [2.24, 2.45) is 0 Å². The van der Waals surface area contributed by atoms with E-state index in [9.17, 15) is 13.0 Å². The lowest BCUT2D eigenvalue weighted by atomic mass is 10.5. The number of sulfone groups is 1.